The quantitative estimate of drug-likeness (QED) is 0.747. The van der Waals surface area contributed by atoms with E-state index in [1.807, 2.05) is 6.07 Å². The topological polar surface area (TPSA) is 26.3 Å². The molecule has 70 valence electrons. The minimum Gasteiger partial charge on any atom is -0.469 e. The smallest absolute Gasteiger partial charge is 0.312 e. The highest BCUT2D eigenvalue weighted by molar-refractivity contribution is 9.10. The molecule has 0 bridgehead atoms. The van der Waals surface area contributed by atoms with E-state index in [0.717, 1.165) is 5.56 Å². The number of hydrogen-bond donors (Lipinski definition) is 0. The van der Waals surface area contributed by atoms with Crippen LogP contribution in [0.5, 0.6) is 0 Å². The van der Waals surface area contributed by atoms with Crippen molar-refractivity contribution in [3.63, 3.8) is 0 Å². The fraction of sp³-hybridized carbons (Fsp3) is 0.300. The molecule has 0 aromatic heterocycles. The van der Waals surface area contributed by atoms with E-state index in [1.165, 1.54) is 7.11 Å². The molecular formula is C10H11BrO2. The lowest BCUT2D eigenvalue weighted by Gasteiger charge is -2.10. The van der Waals surface area contributed by atoms with Gasteiger partial charge in [0, 0.05) is 4.47 Å². The highest BCUT2D eigenvalue weighted by Crippen LogP contribution is 2.24. The first kappa shape index (κ1) is 8.75. The van der Waals surface area contributed by atoms with Crippen LogP contribution in [-0.4, -0.2) is 13.1 Å². The zero-order valence-corrected chi connectivity index (χ0v) is 9.09. The molecule has 0 aliphatic heterocycles. The Morgan fingerprint density at radius 1 is 1.69 bits per heavy atom. The third kappa shape index (κ3) is 2.31. The predicted octanol–water partition coefficient (Wildman–Crippen LogP) is 2.73. The van der Waals surface area contributed by atoms with Gasteiger partial charge < -0.3 is 4.74 Å². The van der Waals surface area contributed by atoms with Crippen molar-refractivity contribution in [3.8, 4) is 0 Å². The van der Waals surface area contributed by atoms with E-state index < -0.39 is 0 Å². The molecule has 1 aromatic rings. The first-order valence-electron chi connectivity index (χ1n) is 4.40. The van der Waals surface area contributed by atoms with Gasteiger partial charge in [0.2, 0.25) is 0 Å². The van der Waals surface area contributed by atoms with Crippen molar-refractivity contribution in [2.45, 2.75) is 12.8 Å². The van der Waals surface area contributed by atoms with Crippen molar-refractivity contribution in [2.75, 3.05) is 7.11 Å². The lowest BCUT2D eigenvalue weighted by Crippen LogP contribution is -2.11. The van der Waals surface area contributed by atoms with Crippen LogP contribution in [0, 0.1) is 0 Å². The molecule has 0 amide bonds. The summed E-state index contributed by atoms with van der Waals surface area (Å²) in [6, 6.07) is 5.60. The number of ether oxygens (including phenoxy) is 1. The maximum absolute atomic E-state index is 11.3. The van der Waals surface area contributed by atoms with Gasteiger partial charge in [-0.1, -0.05) is 34.1 Å². The van der Waals surface area contributed by atoms with E-state index in [2.05, 4.69) is 20.7 Å². The summed E-state index contributed by atoms with van der Waals surface area (Å²) in [4.78, 5) is 11.3. The molecule has 13 heavy (non-hydrogen) atoms. The van der Waals surface area contributed by atoms with E-state index in [1.54, 1.807) is 19.1 Å². The maximum Gasteiger partial charge on any atom is 0.312 e. The summed E-state index contributed by atoms with van der Waals surface area (Å²) in [5, 5.41) is 0. The maximum atomic E-state index is 11.3. The average Bonchev–Trinajstić information content (AvgIpc) is 2.20. The number of carbonyl (C=O) groups is 1. The van der Waals surface area contributed by atoms with Gasteiger partial charge in [-0.15, -0.1) is 0 Å². The van der Waals surface area contributed by atoms with Crippen LogP contribution >= 0.6 is 15.9 Å². The third-order valence-electron chi connectivity index (χ3n) is 1.86. The molecule has 0 saturated heterocycles. The monoisotopic (exact) mass is 243 g/mol. The van der Waals surface area contributed by atoms with Crippen LogP contribution in [0.2, 0.25) is 0 Å². The second kappa shape index (κ2) is 4.42. The predicted molar refractivity (Wildman–Crippen MR) is 54.6 cm³/mol. The van der Waals surface area contributed by atoms with Gasteiger partial charge in [0.05, 0.1) is 14.4 Å². The van der Waals surface area contributed by atoms with E-state index in [9.17, 15) is 4.79 Å². The van der Waals surface area contributed by atoms with Gasteiger partial charge in [-0.05, 0) is 18.5 Å². The van der Waals surface area contributed by atoms with E-state index in [0.29, 0.717) is 10.5 Å². The zero-order chi connectivity index (χ0) is 10.7. The summed E-state index contributed by atoms with van der Waals surface area (Å²) >= 11 is 3.28. The number of carbonyl (C=O) groups excluding carboxylic acids is 1. The second-order valence-electron chi connectivity index (χ2n) is 2.68. The second-order valence-corrected chi connectivity index (χ2v) is 3.48. The summed E-state index contributed by atoms with van der Waals surface area (Å²) in [7, 11) is 1.36. The van der Waals surface area contributed by atoms with E-state index >= 15 is 0 Å². The molecule has 0 heterocycles. The Hall–Kier alpha value is -0.830. The molecule has 1 aromatic carbocycles. The Morgan fingerprint density at radius 2 is 2.38 bits per heavy atom. The van der Waals surface area contributed by atoms with Crippen molar-refractivity contribution in [3.05, 3.63) is 34.3 Å². The first-order chi connectivity index (χ1) is 6.57. The zero-order valence-electron chi connectivity index (χ0n) is 8.50. The molecular weight excluding hydrogens is 232 g/mol. The van der Waals surface area contributed by atoms with Crippen LogP contribution in [0.25, 0.3) is 0 Å². The molecule has 1 rings (SSSR count). The molecule has 0 spiro atoms. The number of halogens is 1. The summed E-state index contributed by atoms with van der Waals surface area (Å²) in [5.74, 6) is -0.643. The summed E-state index contributed by atoms with van der Waals surface area (Å²) < 4.78 is 12.8. The standard InChI is InChI=1S/C10H11BrO2/c1-7(10(12)13-2)8-5-3-4-6-9(8)11/h3-7H,1-2H3/i6D. The molecule has 0 saturated carbocycles. The molecule has 3 heteroatoms. The Bertz CT molecular complexity index is 352. The van der Waals surface area contributed by atoms with Crippen molar-refractivity contribution >= 4 is 21.9 Å². The fourth-order valence-corrected chi connectivity index (χ4v) is 1.68. The molecule has 0 N–H and O–H groups in total. The van der Waals surface area contributed by atoms with Crippen LogP contribution in [0.4, 0.5) is 0 Å². The van der Waals surface area contributed by atoms with E-state index in [4.69, 9.17) is 1.37 Å². The molecule has 2 nitrogen and oxygen atoms in total. The number of methoxy groups -OCH3 is 1. The number of benzene rings is 1. The summed E-state index contributed by atoms with van der Waals surface area (Å²) in [6.07, 6.45) is 0. The van der Waals surface area contributed by atoms with Crippen molar-refractivity contribution in [1.29, 1.82) is 0 Å². The van der Waals surface area contributed by atoms with Crippen LogP contribution < -0.4 is 0 Å². The van der Waals surface area contributed by atoms with Gasteiger partial charge in [-0.2, -0.15) is 0 Å². The molecule has 0 fully saturated rings. The van der Waals surface area contributed by atoms with E-state index in [-0.39, 0.29) is 11.9 Å². The Labute approximate surface area is 87.4 Å². The van der Waals surface area contributed by atoms with Crippen LogP contribution in [0.1, 0.15) is 19.8 Å². The van der Waals surface area contributed by atoms with Crippen molar-refractivity contribution in [2.24, 2.45) is 0 Å². The van der Waals surface area contributed by atoms with Gasteiger partial charge in [0.25, 0.3) is 0 Å². The molecule has 0 aliphatic rings. The van der Waals surface area contributed by atoms with Crippen molar-refractivity contribution < 1.29 is 10.9 Å². The summed E-state index contributed by atoms with van der Waals surface area (Å²) in [6.45, 7) is 1.76. The molecule has 1 atom stereocenters. The summed E-state index contributed by atoms with van der Waals surface area (Å²) in [5.41, 5.74) is 0.782. The molecule has 0 radical (unpaired) electrons. The Kier molecular flexibility index (Phi) is 2.98. The Balaban J connectivity index is 3.07. The lowest BCUT2D eigenvalue weighted by atomic mass is 10.0. The largest absolute Gasteiger partial charge is 0.469 e. The fourth-order valence-electron chi connectivity index (χ4n) is 1.07. The minimum absolute atomic E-state index is 0.295. The van der Waals surface area contributed by atoms with Crippen molar-refractivity contribution in [1.82, 2.24) is 0 Å². The van der Waals surface area contributed by atoms with Gasteiger partial charge in [-0.3, -0.25) is 4.79 Å². The number of esters is 1. The van der Waals surface area contributed by atoms with Crippen LogP contribution in [0.15, 0.2) is 28.7 Å². The minimum atomic E-state index is -0.348. The first-order valence-corrected chi connectivity index (χ1v) is 4.70. The normalized spacial score (nSPS) is 13.3. The van der Waals surface area contributed by atoms with Crippen LogP contribution in [0.3, 0.4) is 0 Å². The van der Waals surface area contributed by atoms with Crippen LogP contribution in [-0.2, 0) is 9.53 Å². The van der Waals surface area contributed by atoms with Gasteiger partial charge in [-0.25, -0.2) is 0 Å². The van der Waals surface area contributed by atoms with Gasteiger partial charge in [0.15, 0.2) is 0 Å². The lowest BCUT2D eigenvalue weighted by molar-refractivity contribution is -0.142. The molecule has 0 aliphatic carbocycles. The highest BCUT2D eigenvalue weighted by Gasteiger charge is 2.17. The van der Waals surface area contributed by atoms with Gasteiger partial charge in [0.1, 0.15) is 0 Å². The Morgan fingerprint density at radius 3 is 3.00 bits per heavy atom. The molecule has 1 unspecified atom stereocenters. The SMILES string of the molecule is [2H]c1cccc(C(C)C(=O)OC)c1Br. The average molecular weight is 244 g/mol. The third-order valence-corrected chi connectivity index (χ3v) is 2.54. The number of rotatable bonds is 2. The van der Waals surface area contributed by atoms with Gasteiger partial charge >= 0.3 is 5.97 Å². The number of hydrogen-bond acceptors (Lipinski definition) is 2. The highest BCUT2D eigenvalue weighted by atomic mass is 79.9.